The number of rotatable bonds is 5. The van der Waals surface area contributed by atoms with Gasteiger partial charge in [0.1, 0.15) is 12.0 Å². The molecule has 0 unspecified atom stereocenters. The molecule has 19 heavy (non-hydrogen) atoms. The molecule has 2 N–H and O–H groups in total. The Hall–Kier alpha value is -1.68. The summed E-state index contributed by atoms with van der Waals surface area (Å²) in [6.45, 7) is 5.29. The molecule has 0 heterocycles. The Balaban J connectivity index is 2.47. The minimum atomic E-state index is -0.671. The average Bonchev–Trinajstić information content (AvgIpc) is 2.27. The summed E-state index contributed by atoms with van der Waals surface area (Å²) < 4.78 is 5.09. The van der Waals surface area contributed by atoms with Gasteiger partial charge >= 0.3 is 5.97 Å². The molecule has 1 rings (SSSR count). The van der Waals surface area contributed by atoms with E-state index in [-0.39, 0.29) is 12.2 Å². The van der Waals surface area contributed by atoms with E-state index < -0.39 is 17.6 Å². The highest BCUT2D eigenvalue weighted by atomic mass is 16.6. The highest BCUT2D eigenvalue weighted by molar-refractivity contribution is 5.98. The number of hydrogen-bond acceptors (Lipinski definition) is 4. The molecule has 0 aromatic heterocycles. The van der Waals surface area contributed by atoms with Gasteiger partial charge in [-0.05, 0) is 32.8 Å². The molecule has 4 heteroatoms. The summed E-state index contributed by atoms with van der Waals surface area (Å²) in [4.78, 5) is 23.3. The van der Waals surface area contributed by atoms with Crippen LogP contribution in [0, 0.1) is 0 Å². The first-order valence-corrected chi connectivity index (χ1v) is 6.32. The first kappa shape index (κ1) is 15.4. The van der Waals surface area contributed by atoms with Crippen LogP contribution in [-0.4, -0.2) is 23.4 Å². The van der Waals surface area contributed by atoms with Crippen molar-refractivity contribution in [3.05, 3.63) is 35.9 Å². The van der Waals surface area contributed by atoms with Gasteiger partial charge in [-0.2, -0.15) is 0 Å². The Labute approximate surface area is 113 Å². The fourth-order valence-corrected chi connectivity index (χ4v) is 1.63. The number of carbonyl (C=O) groups excluding carboxylic acids is 2. The zero-order valence-corrected chi connectivity index (χ0v) is 11.7. The molecule has 1 aromatic carbocycles. The molecule has 0 aliphatic rings. The number of esters is 1. The molecule has 0 bridgehead atoms. The van der Waals surface area contributed by atoms with Gasteiger partial charge in [-0.15, -0.1) is 0 Å². The smallest absolute Gasteiger partial charge is 0.313 e. The van der Waals surface area contributed by atoms with Crippen LogP contribution < -0.4 is 5.73 Å². The lowest BCUT2D eigenvalue weighted by Gasteiger charge is -2.19. The van der Waals surface area contributed by atoms with E-state index in [2.05, 4.69) is 0 Å². The third kappa shape index (κ3) is 6.15. The largest absolute Gasteiger partial charge is 0.460 e. The maximum Gasteiger partial charge on any atom is 0.313 e. The van der Waals surface area contributed by atoms with Crippen molar-refractivity contribution in [3.63, 3.8) is 0 Å². The van der Waals surface area contributed by atoms with Crippen molar-refractivity contribution in [2.75, 3.05) is 0 Å². The standard InChI is InChI=1S/C15H21NO3/c1-15(2,3)19-14(18)10-13(17)12(16)9-11-7-5-4-6-8-11/h4-8,12H,9-10,16H2,1-3H3/t12-/m0/s1. The summed E-state index contributed by atoms with van der Waals surface area (Å²) in [5, 5.41) is 0. The molecule has 4 nitrogen and oxygen atoms in total. The van der Waals surface area contributed by atoms with Crippen LogP contribution in [-0.2, 0) is 20.7 Å². The fraction of sp³-hybridized carbons (Fsp3) is 0.467. The highest BCUT2D eigenvalue weighted by Gasteiger charge is 2.22. The normalized spacial score (nSPS) is 12.8. The molecule has 1 atom stereocenters. The van der Waals surface area contributed by atoms with E-state index in [1.165, 1.54) is 0 Å². The zero-order valence-electron chi connectivity index (χ0n) is 11.7. The first-order chi connectivity index (χ1) is 8.78. The van der Waals surface area contributed by atoms with Crippen molar-refractivity contribution >= 4 is 11.8 Å². The van der Waals surface area contributed by atoms with Crippen LogP contribution in [0.25, 0.3) is 0 Å². The van der Waals surface area contributed by atoms with Crippen molar-refractivity contribution in [2.45, 2.75) is 45.3 Å². The van der Waals surface area contributed by atoms with Crippen molar-refractivity contribution in [3.8, 4) is 0 Å². The molecule has 0 spiro atoms. The van der Waals surface area contributed by atoms with Crippen LogP contribution >= 0.6 is 0 Å². The average molecular weight is 263 g/mol. The quantitative estimate of drug-likeness (QED) is 0.650. The second-order valence-corrected chi connectivity index (χ2v) is 5.53. The minimum absolute atomic E-state index is 0.273. The topological polar surface area (TPSA) is 69.4 Å². The van der Waals surface area contributed by atoms with Gasteiger partial charge in [-0.3, -0.25) is 9.59 Å². The van der Waals surface area contributed by atoms with E-state index in [1.807, 2.05) is 30.3 Å². The lowest BCUT2D eigenvalue weighted by atomic mass is 10.0. The molecular weight excluding hydrogens is 242 g/mol. The van der Waals surface area contributed by atoms with Gasteiger partial charge in [-0.1, -0.05) is 30.3 Å². The van der Waals surface area contributed by atoms with Gasteiger partial charge in [0.05, 0.1) is 6.04 Å². The van der Waals surface area contributed by atoms with E-state index in [9.17, 15) is 9.59 Å². The number of nitrogens with two attached hydrogens (primary N) is 1. The molecule has 0 fully saturated rings. The van der Waals surface area contributed by atoms with Gasteiger partial charge in [0.15, 0.2) is 5.78 Å². The molecule has 0 saturated heterocycles. The maximum atomic E-state index is 11.8. The Morgan fingerprint density at radius 2 is 1.79 bits per heavy atom. The van der Waals surface area contributed by atoms with Gasteiger partial charge in [0.2, 0.25) is 0 Å². The van der Waals surface area contributed by atoms with Crippen LogP contribution in [0.4, 0.5) is 0 Å². The van der Waals surface area contributed by atoms with Crippen molar-refractivity contribution < 1.29 is 14.3 Å². The number of benzene rings is 1. The van der Waals surface area contributed by atoms with Gasteiger partial charge in [0.25, 0.3) is 0 Å². The lowest BCUT2D eigenvalue weighted by molar-refractivity contribution is -0.156. The predicted octanol–water partition coefficient (Wildman–Crippen LogP) is 1.86. The summed E-state index contributed by atoms with van der Waals surface area (Å²) in [6, 6.07) is 8.81. The van der Waals surface area contributed by atoms with Gasteiger partial charge in [-0.25, -0.2) is 0 Å². The molecule has 1 aromatic rings. The first-order valence-electron chi connectivity index (χ1n) is 6.32. The third-order valence-electron chi connectivity index (χ3n) is 2.45. The van der Waals surface area contributed by atoms with Crippen LogP contribution in [0.1, 0.15) is 32.8 Å². The third-order valence-corrected chi connectivity index (χ3v) is 2.45. The van der Waals surface area contributed by atoms with E-state index in [0.29, 0.717) is 6.42 Å². The van der Waals surface area contributed by atoms with Crippen molar-refractivity contribution in [1.82, 2.24) is 0 Å². The van der Waals surface area contributed by atoms with E-state index in [4.69, 9.17) is 10.5 Å². The molecule has 104 valence electrons. The number of carbonyl (C=O) groups is 2. The Morgan fingerprint density at radius 1 is 1.21 bits per heavy atom. The predicted molar refractivity (Wildman–Crippen MR) is 73.6 cm³/mol. The maximum absolute atomic E-state index is 11.8. The molecule has 0 radical (unpaired) electrons. The summed E-state index contributed by atoms with van der Waals surface area (Å²) in [7, 11) is 0. The lowest BCUT2D eigenvalue weighted by Crippen LogP contribution is -2.35. The SMILES string of the molecule is CC(C)(C)OC(=O)CC(=O)[C@@H](N)Cc1ccccc1. The van der Waals surface area contributed by atoms with Gasteiger partial charge < -0.3 is 10.5 Å². The molecule has 0 aliphatic carbocycles. The highest BCUT2D eigenvalue weighted by Crippen LogP contribution is 2.10. The molecule has 0 aliphatic heterocycles. The Kier molecular flexibility index (Phi) is 5.24. The number of hydrogen-bond donors (Lipinski definition) is 1. The Bertz CT molecular complexity index is 434. The van der Waals surface area contributed by atoms with Crippen LogP contribution in [0.2, 0.25) is 0 Å². The van der Waals surface area contributed by atoms with E-state index in [0.717, 1.165) is 5.56 Å². The van der Waals surface area contributed by atoms with E-state index in [1.54, 1.807) is 20.8 Å². The monoisotopic (exact) mass is 263 g/mol. The van der Waals surface area contributed by atoms with Gasteiger partial charge in [0, 0.05) is 0 Å². The molecule has 0 amide bonds. The number of ether oxygens (including phenoxy) is 1. The molecular formula is C15H21NO3. The molecule has 0 saturated carbocycles. The van der Waals surface area contributed by atoms with Crippen LogP contribution in [0.5, 0.6) is 0 Å². The number of ketones is 1. The summed E-state index contributed by atoms with van der Waals surface area (Å²) in [5.41, 5.74) is 6.20. The van der Waals surface area contributed by atoms with Crippen LogP contribution in [0.3, 0.4) is 0 Å². The fourth-order valence-electron chi connectivity index (χ4n) is 1.63. The second kappa shape index (κ2) is 6.48. The second-order valence-electron chi connectivity index (χ2n) is 5.53. The van der Waals surface area contributed by atoms with Crippen molar-refractivity contribution in [2.24, 2.45) is 5.73 Å². The van der Waals surface area contributed by atoms with Crippen LogP contribution in [0.15, 0.2) is 30.3 Å². The van der Waals surface area contributed by atoms with Crippen molar-refractivity contribution in [1.29, 1.82) is 0 Å². The zero-order chi connectivity index (χ0) is 14.5. The minimum Gasteiger partial charge on any atom is -0.460 e. The summed E-state index contributed by atoms with van der Waals surface area (Å²) >= 11 is 0. The number of Topliss-reactive ketones (excluding diaryl/α,β-unsaturated/α-hetero) is 1. The Morgan fingerprint density at radius 3 is 2.32 bits per heavy atom. The summed E-state index contributed by atoms with van der Waals surface area (Å²) in [6.07, 6.45) is 0.160. The summed E-state index contributed by atoms with van der Waals surface area (Å²) in [5.74, 6) is -0.820. The van der Waals surface area contributed by atoms with E-state index >= 15 is 0 Å².